The van der Waals surface area contributed by atoms with Gasteiger partial charge < -0.3 is 0 Å². The van der Waals surface area contributed by atoms with E-state index in [4.69, 9.17) is 0 Å². The van der Waals surface area contributed by atoms with Gasteiger partial charge in [-0.2, -0.15) is 0 Å². The molecule has 48 valence electrons. The third-order valence-corrected chi connectivity index (χ3v) is 1.95. The fraction of sp³-hybridized carbons (Fsp3) is 1.00. The van der Waals surface area contributed by atoms with E-state index in [2.05, 4.69) is 0 Å². The molecule has 1 fully saturated rings. The molecule has 0 unspecified atom stereocenters. The van der Waals surface area contributed by atoms with Crippen LogP contribution in [0.4, 0.5) is 8.78 Å². The van der Waals surface area contributed by atoms with Crippen molar-refractivity contribution in [1.82, 2.24) is 3.11 Å². The third-order valence-electron chi connectivity index (χ3n) is 1.12. The predicted octanol–water partition coefficient (Wildman–Crippen LogP) is 1.68. The SMILES string of the molecule is FC1(F)CCN(I)C1. The molecular formula is C4H6F2IN. The van der Waals surface area contributed by atoms with Crippen LogP contribution in [0.15, 0.2) is 0 Å². The van der Waals surface area contributed by atoms with E-state index in [0.717, 1.165) is 0 Å². The van der Waals surface area contributed by atoms with E-state index in [0.29, 0.717) is 6.54 Å². The molecule has 1 heterocycles. The first-order chi connectivity index (χ1) is 3.60. The Morgan fingerprint density at radius 1 is 1.50 bits per heavy atom. The molecule has 0 spiro atoms. The Labute approximate surface area is 60.5 Å². The third kappa shape index (κ3) is 1.51. The van der Waals surface area contributed by atoms with Crippen molar-refractivity contribution in [3.05, 3.63) is 0 Å². The first-order valence-electron chi connectivity index (χ1n) is 2.39. The zero-order valence-corrected chi connectivity index (χ0v) is 6.36. The second-order valence-electron chi connectivity index (χ2n) is 1.95. The largest absolute Gasteiger partial charge is 0.262 e. The highest BCUT2D eigenvalue weighted by molar-refractivity contribution is 14.1. The molecule has 0 radical (unpaired) electrons. The van der Waals surface area contributed by atoms with Gasteiger partial charge in [0.1, 0.15) is 0 Å². The first-order valence-corrected chi connectivity index (χ1v) is 3.35. The molecular weight excluding hydrogens is 227 g/mol. The van der Waals surface area contributed by atoms with E-state index >= 15 is 0 Å². The van der Waals surface area contributed by atoms with E-state index in [9.17, 15) is 8.78 Å². The van der Waals surface area contributed by atoms with Crippen LogP contribution in [0.5, 0.6) is 0 Å². The monoisotopic (exact) mass is 233 g/mol. The van der Waals surface area contributed by atoms with Crippen LogP contribution in [-0.4, -0.2) is 22.1 Å². The van der Waals surface area contributed by atoms with Crippen LogP contribution >= 0.6 is 22.9 Å². The molecule has 1 aliphatic rings. The summed E-state index contributed by atoms with van der Waals surface area (Å²) in [6.07, 6.45) is 0.0237. The van der Waals surface area contributed by atoms with Crippen molar-refractivity contribution < 1.29 is 8.78 Å². The van der Waals surface area contributed by atoms with Crippen molar-refractivity contribution in [2.24, 2.45) is 0 Å². The van der Waals surface area contributed by atoms with E-state index in [-0.39, 0.29) is 13.0 Å². The topological polar surface area (TPSA) is 3.24 Å². The van der Waals surface area contributed by atoms with Gasteiger partial charge >= 0.3 is 0 Å². The minimum Gasteiger partial charge on any atom is -0.241 e. The van der Waals surface area contributed by atoms with Crippen molar-refractivity contribution in [1.29, 1.82) is 0 Å². The predicted molar refractivity (Wildman–Crippen MR) is 35.2 cm³/mol. The van der Waals surface area contributed by atoms with Crippen LogP contribution in [0, 0.1) is 0 Å². The van der Waals surface area contributed by atoms with Crippen LogP contribution < -0.4 is 0 Å². The summed E-state index contributed by atoms with van der Waals surface area (Å²) < 4.78 is 25.9. The summed E-state index contributed by atoms with van der Waals surface area (Å²) in [4.78, 5) is 0. The highest BCUT2D eigenvalue weighted by atomic mass is 127. The van der Waals surface area contributed by atoms with Gasteiger partial charge in [-0.3, -0.25) is 0 Å². The first kappa shape index (κ1) is 6.67. The molecule has 0 saturated carbocycles. The number of nitrogens with zero attached hydrogens (tertiary/aromatic N) is 1. The Kier molecular flexibility index (Phi) is 1.71. The van der Waals surface area contributed by atoms with Crippen molar-refractivity contribution in [2.45, 2.75) is 12.3 Å². The molecule has 8 heavy (non-hydrogen) atoms. The average molecular weight is 233 g/mol. The van der Waals surface area contributed by atoms with Gasteiger partial charge in [0.15, 0.2) is 0 Å². The maximum Gasteiger partial charge on any atom is 0.262 e. The summed E-state index contributed by atoms with van der Waals surface area (Å²) in [6, 6.07) is 0. The minimum absolute atomic E-state index is 0.0237. The smallest absolute Gasteiger partial charge is 0.241 e. The summed E-state index contributed by atoms with van der Waals surface area (Å²) in [7, 11) is 0. The number of rotatable bonds is 0. The van der Waals surface area contributed by atoms with Crippen LogP contribution in [-0.2, 0) is 0 Å². The number of hydrogen-bond acceptors (Lipinski definition) is 1. The Morgan fingerprint density at radius 2 is 2.12 bits per heavy atom. The zero-order valence-electron chi connectivity index (χ0n) is 4.20. The molecule has 0 atom stereocenters. The Balaban J connectivity index is 2.44. The summed E-state index contributed by atoms with van der Waals surface area (Å²) in [5.41, 5.74) is 0. The van der Waals surface area contributed by atoms with E-state index in [1.54, 1.807) is 3.11 Å². The van der Waals surface area contributed by atoms with Crippen LogP contribution in [0.2, 0.25) is 0 Å². The fourth-order valence-corrected chi connectivity index (χ4v) is 1.43. The molecule has 0 aromatic carbocycles. The van der Waals surface area contributed by atoms with Gasteiger partial charge in [-0.15, -0.1) is 0 Å². The molecule has 0 aromatic rings. The normalized spacial score (nSPS) is 28.9. The van der Waals surface area contributed by atoms with Crippen LogP contribution in [0.3, 0.4) is 0 Å². The van der Waals surface area contributed by atoms with Crippen molar-refractivity contribution in [3.8, 4) is 0 Å². The molecule has 1 saturated heterocycles. The van der Waals surface area contributed by atoms with Gasteiger partial charge in [0.25, 0.3) is 5.92 Å². The molecule has 0 bridgehead atoms. The lowest BCUT2D eigenvalue weighted by molar-refractivity contribution is 0.0200. The maximum atomic E-state index is 12.1. The molecule has 1 aliphatic heterocycles. The van der Waals surface area contributed by atoms with Crippen molar-refractivity contribution >= 4 is 22.9 Å². The van der Waals surface area contributed by atoms with Crippen molar-refractivity contribution in [2.75, 3.05) is 13.1 Å². The molecule has 0 aromatic heterocycles. The van der Waals surface area contributed by atoms with Gasteiger partial charge in [0, 0.05) is 35.8 Å². The lowest BCUT2D eigenvalue weighted by atomic mass is 10.3. The second kappa shape index (κ2) is 2.06. The lowest BCUT2D eigenvalue weighted by Gasteiger charge is -2.05. The summed E-state index contributed by atoms with van der Waals surface area (Å²) in [5.74, 6) is -2.42. The minimum atomic E-state index is -2.42. The lowest BCUT2D eigenvalue weighted by Crippen LogP contribution is -2.17. The summed E-state index contributed by atoms with van der Waals surface area (Å²) in [5, 5.41) is 0. The van der Waals surface area contributed by atoms with Gasteiger partial charge in [-0.25, -0.2) is 11.9 Å². The van der Waals surface area contributed by atoms with Gasteiger partial charge in [0.05, 0.1) is 6.54 Å². The number of halogens is 3. The Hall–Kier alpha value is 0.550. The van der Waals surface area contributed by atoms with E-state index < -0.39 is 5.92 Å². The maximum absolute atomic E-state index is 12.1. The average Bonchev–Trinajstić information content (AvgIpc) is 1.82. The Bertz CT molecular complexity index is 96.0. The molecule has 1 rings (SSSR count). The summed E-state index contributed by atoms with van der Waals surface area (Å²) >= 11 is 1.91. The highest BCUT2D eigenvalue weighted by Crippen LogP contribution is 2.28. The highest BCUT2D eigenvalue weighted by Gasteiger charge is 2.36. The van der Waals surface area contributed by atoms with Gasteiger partial charge in [0.2, 0.25) is 0 Å². The van der Waals surface area contributed by atoms with Crippen molar-refractivity contribution in [3.63, 3.8) is 0 Å². The Morgan fingerprint density at radius 3 is 2.25 bits per heavy atom. The molecule has 0 amide bonds. The number of hydrogen-bond donors (Lipinski definition) is 0. The van der Waals surface area contributed by atoms with E-state index in [1.165, 1.54) is 0 Å². The number of alkyl halides is 2. The van der Waals surface area contributed by atoms with Crippen LogP contribution in [0.25, 0.3) is 0 Å². The van der Waals surface area contributed by atoms with Gasteiger partial charge in [-0.1, -0.05) is 0 Å². The molecule has 1 nitrogen and oxygen atoms in total. The van der Waals surface area contributed by atoms with Crippen LogP contribution in [0.1, 0.15) is 6.42 Å². The standard InChI is InChI=1S/C4H6F2IN/c5-4(6)1-2-8(7)3-4/h1-3H2. The van der Waals surface area contributed by atoms with Gasteiger partial charge in [-0.05, 0) is 0 Å². The molecule has 4 heteroatoms. The summed E-state index contributed by atoms with van der Waals surface area (Å²) in [6.45, 7) is 0.446. The molecule has 0 aliphatic carbocycles. The fourth-order valence-electron chi connectivity index (χ4n) is 0.694. The zero-order chi connectivity index (χ0) is 6.20. The van der Waals surface area contributed by atoms with E-state index in [1.807, 2.05) is 22.9 Å². The molecule has 0 N–H and O–H groups in total. The quantitative estimate of drug-likeness (QED) is 0.454. The second-order valence-corrected chi connectivity index (χ2v) is 3.31.